The summed E-state index contributed by atoms with van der Waals surface area (Å²) in [5.41, 5.74) is 2.60. The van der Waals surface area contributed by atoms with E-state index in [9.17, 15) is 4.79 Å². The first-order valence-corrected chi connectivity index (χ1v) is 6.08. The minimum atomic E-state index is -0.0180. The molecule has 0 fully saturated rings. The smallest absolute Gasteiger partial charge is 0.254 e. The van der Waals surface area contributed by atoms with Gasteiger partial charge in [0.15, 0.2) is 0 Å². The first-order chi connectivity index (χ1) is 8.84. The Balaban J connectivity index is 2.11. The van der Waals surface area contributed by atoms with E-state index in [1.165, 1.54) is 0 Å². The summed E-state index contributed by atoms with van der Waals surface area (Å²) in [6.07, 6.45) is 4.94. The van der Waals surface area contributed by atoms with Crippen LogP contribution in [0, 0.1) is 0 Å². The van der Waals surface area contributed by atoms with Crippen LogP contribution < -0.4 is 10.9 Å². The summed E-state index contributed by atoms with van der Waals surface area (Å²) >= 11 is 0. The Morgan fingerprint density at radius 1 is 1.11 bits per heavy atom. The molecule has 0 bridgehead atoms. The van der Waals surface area contributed by atoms with Crippen molar-refractivity contribution in [1.82, 2.24) is 20.3 Å². The molecule has 0 amide bonds. The Hall–Kier alpha value is -2.01. The van der Waals surface area contributed by atoms with Crippen LogP contribution >= 0.6 is 0 Å². The van der Waals surface area contributed by atoms with Crippen LogP contribution in [0.15, 0.2) is 29.3 Å². The Labute approximate surface area is 104 Å². The first-order valence-electron chi connectivity index (χ1n) is 6.08. The highest BCUT2D eigenvalue weighted by Crippen LogP contribution is 2.14. The fraction of sp³-hybridized carbons (Fsp3) is 0.308. The van der Waals surface area contributed by atoms with Crippen molar-refractivity contribution in [2.45, 2.75) is 12.8 Å². The molecule has 1 aliphatic rings. The van der Waals surface area contributed by atoms with Crippen LogP contribution in [0.1, 0.15) is 11.3 Å². The largest absolute Gasteiger partial charge is 0.316 e. The molecule has 0 radical (unpaired) electrons. The highest BCUT2D eigenvalue weighted by Gasteiger charge is 2.14. The third-order valence-electron chi connectivity index (χ3n) is 3.15. The van der Waals surface area contributed by atoms with Crippen LogP contribution in [-0.4, -0.2) is 28.0 Å². The Morgan fingerprint density at radius 3 is 2.72 bits per heavy atom. The summed E-state index contributed by atoms with van der Waals surface area (Å²) < 4.78 is 0. The van der Waals surface area contributed by atoms with Gasteiger partial charge in [-0.3, -0.25) is 9.78 Å². The van der Waals surface area contributed by atoms with Gasteiger partial charge in [0.1, 0.15) is 5.82 Å². The number of nitrogens with one attached hydrogen (secondary N) is 2. The summed E-state index contributed by atoms with van der Waals surface area (Å²) in [6.45, 7) is 1.71. The second kappa shape index (κ2) is 4.70. The van der Waals surface area contributed by atoms with Crippen LogP contribution in [0.4, 0.5) is 0 Å². The van der Waals surface area contributed by atoms with Crippen molar-refractivity contribution >= 4 is 0 Å². The molecule has 2 aromatic heterocycles. The standard InChI is InChI=1S/C13H14N4O/c18-13-10-3-7-15-8-4-11(10)16-12(17-13)9-1-5-14-6-2-9/h1-2,5-6,15H,3-4,7-8H2,(H,16,17,18). The Kier molecular flexibility index (Phi) is 2.90. The van der Waals surface area contributed by atoms with E-state index in [0.717, 1.165) is 42.8 Å². The molecular weight excluding hydrogens is 228 g/mol. The molecule has 3 rings (SSSR count). The number of fused-ring (bicyclic) bond motifs is 1. The number of hydrogen-bond acceptors (Lipinski definition) is 4. The van der Waals surface area contributed by atoms with Gasteiger partial charge in [0.2, 0.25) is 0 Å². The van der Waals surface area contributed by atoms with E-state index < -0.39 is 0 Å². The van der Waals surface area contributed by atoms with Gasteiger partial charge in [0.25, 0.3) is 5.56 Å². The van der Waals surface area contributed by atoms with Gasteiger partial charge in [-0.2, -0.15) is 0 Å². The SMILES string of the molecule is O=c1[nH]c(-c2ccncc2)nc2c1CCNCC2. The van der Waals surface area contributed by atoms with Crippen LogP contribution in [-0.2, 0) is 12.8 Å². The second-order valence-electron chi connectivity index (χ2n) is 4.33. The highest BCUT2D eigenvalue weighted by atomic mass is 16.1. The molecule has 2 aromatic rings. The van der Waals surface area contributed by atoms with Crippen LogP contribution in [0.3, 0.4) is 0 Å². The van der Waals surface area contributed by atoms with E-state index in [4.69, 9.17) is 0 Å². The Bertz CT molecular complexity index is 606. The van der Waals surface area contributed by atoms with Crippen molar-refractivity contribution in [2.75, 3.05) is 13.1 Å². The fourth-order valence-corrected chi connectivity index (χ4v) is 2.20. The predicted molar refractivity (Wildman–Crippen MR) is 68.4 cm³/mol. The Morgan fingerprint density at radius 2 is 1.89 bits per heavy atom. The number of rotatable bonds is 1. The number of nitrogens with zero attached hydrogens (tertiary/aromatic N) is 2. The number of hydrogen-bond donors (Lipinski definition) is 2. The molecule has 2 N–H and O–H groups in total. The quantitative estimate of drug-likeness (QED) is 0.765. The van der Waals surface area contributed by atoms with Crippen molar-refractivity contribution in [2.24, 2.45) is 0 Å². The molecule has 0 spiro atoms. The van der Waals surface area contributed by atoms with E-state index in [1.807, 2.05) is 12.1 Å². The maximum absolute atomic E-state index is 12.1. The van der Waals surface area contributed by atoms with Crippen LogP contribution in [0.25, 0.3) is 11.4 Å². The third kappa shape index (κ3) is 2.04. The van der Waals surface area contributed by atoms with Gasteiger partial charge in [-0.15, -0.1) is 0 Å². The normalized spacial score (nSPS) is 14.9. The maximum atomic E-state index is 12.1. The molecule has 5 heteroatoms. The maximum Gasteiger partial charge on any atom is 0.254 e. The van der Waals surface area contributed by atoms with Crippen molar-refractivity contribution in [3.63, 3.8) is 0 Å². The third-order valence-corrected chi connectivity index (χ3v) is 3.15. The lowest BCUT2D eigenvalue weighted by Crippen LogP contribution is -2.19. The molecule has 0 aromatic carbocycles. The van der Waals surface area contributed by atoms with Gasteiger partial charge in [-0.05, 0) is 25.1 Å². The van der Waals surface area contributed by atoms with E-state index >= 15 is 0 Å². The fourth-order valence-electron chi connectivity index (χ4n) is 2.20. The zero-order valence-electron chi connectivity index (χ0n) is 9.94. The molecule has 1 aliphatic heterocycles. The van der Waals surface area contributed by atoms with Crippen molar-refractivity contribution in [1.29, 1.82) is 0 Å². The molecule has 3 heterocycles. The topological polar surface area (TPSA) is 70.7 Å². The first kappa shape index (κ1) is 11.1. The molecule has 0 saturated carbocycles. The van der Waals surface area contributed by atoms with Gasteiger partial charge in [0, 0.05) is 36.5 Å². The molecule has 18 heavy (non-hydrogen) atoms. The van der Waals surface area contributed by atoms with E-state index in [-0.39, 0.29) is 5.56 Å². The van der Waals surface area contributed by atoms with Crippen molar-refractivity contribution in [3.05, 3.63) is 46.1 Å². The molecule has 5 nitrogen and oxygen atoms in total. The van der Waals surface area contributed by atoms with Crippen molar-refractivity contribution < 1.29 is 0 Å². The minimum absolute atomic E-state index is 0.0180. The summed E-state index contributed by atoms with van der Waals surface area (Å²) in [5, 5.41) is 3.28. The molecule has 92 valence electrons. The summed E-state index contributed by atoms with van der Waals surface area (Å²) in [4.78, 5) is 23.5. The lowest BCUT2D eigenvalue weighted by Gasteiger charge is -2.06. The highest BCUT2D eigenvalue weighted by molar-refractivity contribution is 5.53. The van der Waals surface area contributed by atoms with E-state index in [0.29, 0.717) is 5.82 Å². The molecular formula is C13H14N4O. The van der Waals surface area contributed by atoms with Gasteiger partial charge in [-0.25, -0.2) is 4.98 Å². The van der Waals surface area contributed by atoms with Crippen LogP contribution in [0.2, 0.25) is 0 Å². The lowest BCUT2D eigenvalue weighted by atomic mass is 10.1. The minimum Gasteiger partial charge on any atom is -0.316 e. The average molecular weight is 242 g/mol. The lowest BCUT2D eigenvalue weighted by molar-refractivity contribution is 0.708. The zero-order valence-corrected chi connectivity index (χ0v) is 9.94. The summed E-state index contributed by atoms with van der Waals surface area (Å²) in [6, 6.07) is 3.69. The summed E-state index contributed by atoms with van der Waals surface area (Å²) in [5.74, 6) is 0.628. The zero-order chi connectivity index (χ0) is 12.4. The number of aromatic nitrogens is 3. The number of H-pyrrole nitrogens is 1. The number of aromatic amines is 1. The van der Waals surface area contributed by atoms with E-state index in [1.54, 1.807) is 12.4 Å². The molecule has 0 saturated heterocycles. The van der Waals surface area contributed by atoms with Gasteiger partial charge in [0.05, 0.1) is 5.69 Å². The monoisotopic (exact) mass is 242 g/mol. The van der Waals surface area contributed by atoms with Gasteiger partial charge < -0.3 is 10.3 Å². The predicted octanol–water partition coefficient (Wildman–Crippen LogP) is 0.520. The number of pyridine rings is 1. The summed E-state index contributed by atoms with van der Waals surface area (Å²) in [7, 11) is 0. The molecule has 0 aliphatic carbocycles. The molecule has 0 atom stereocenters. The van der Waals surface area contributed by atoms with E-state index in [2.05, 4.69) is 20.3 Å². The molecule has 0 unspecified atom stereocenters. The van der Waals surface area contributed by atoms with Crippen LogP contribution in [0.5, 0.6) is 0 Å². The second-order valence-corrected chi connectivity index (χ2v) is 4.33. The van der Waals surface area contributed by atoms with Gasteiger partial charge >= 0.3 is 0 Å². The van der Waals surface area contributed by atoms with Gasteiger partial charge in [-0.1, -0.05) is 0 Å². The average Bonchev–Trinajstić information content (AvgIpc) is 2.65. The van der Waals surface area contributed by atoms with Crippen molar-refractivity contribution in [3.8, 4) is 11.4 Å².